The van der Waals surface area contributed by atoms with Gasteiger partial charge in [-0.15, -0.1) is 0 Å². The van der Waals surface area contributed by atoms with Crippen molar-refractivity contribution >= 4 is 10.9 Å². The Kier molecular flexibility index (Phi) is 3.45. The number of pyridine rings is 2. The average molecular weight is 342 g/mol. The second kappa shape index (κ2) is 5.95. The maximum Gasteiger partial charge on any atom is 0.119 e. The van der Waals surface area contributed by atoms with Gasteiger partial charge in [-0.2, -0.15) is 5.10 Å². The number of hydrogen-bond donors (Lipinski definition) is 0. The number of ether oxygens (including phenoxy) is 1. The zero-order valence-electron chi connectivity index (χ0n) is 14.5. The van der Waals surface area contributed by atoms with Crippen LogP contribution in [-0.4, -0.2) is 26.9 Å². The fourth-order valence-corrected chi connectivity index (χ4v) is 3.77. The van der Waals surface area contributed by atoms with Crippen molar-refractivity contribution in [3.8, 4) is 28.3 Å². The summed E-state index contributed by atoms with van der Waals surface area (Å²) in [6, 6.07) is 14.0. The zero-order chi connectivity index (χ0) is 17.5. The lowest BCUT2D eigenvalue weighted by atomic mass is 9.96. The number of nitrogens with zero attached hydrogens (tertiary/aromatic N) is 4. The van der Waals surface area contributed by atoms with E-state index >= 15 is 0 Å². The summed E-state index contributed by atoms with van der Waals surface area (Å²) in [5.41, 5.74) is 6.38. The highest BCUT2D eigenvalue weighted by Gasteiger charge is 2.25. The Bertz CT molecular complexity index is 1100. The number of methoxy groups -OCH3 is 1. The second-order valence-corrected chi connectivity index (χ2v) is 6.45. The molecule has 128 valence electrons. The van der Waals surface area contributed by atoms with Gasteiger partial charge in [0.2, 0.25) is 0 Å². The molecule has 4 aromatic rings. The molecule has 5 nitrogen and oxygen atoms in total. The molecule has 0 amide bonds. The Hall–Kier alpha value is -3.21. The smallest absolute Gasteiger partial charge is 0.119 e. The van der Waals surface area contributed by atoms with Crippen LogP contribution < -0.4 is 4.74 Å². The Morgan fingerprint density at radius 3 is 2.85 bits per heavy atom. The average Bonchev–Trinajstić information content (AvgIpc) is 3.29. The highest BCUT2D eigenvalue weighted by molar-refractivity contribution is 5.99. The minimum absolute atomic E-state index is 0.829. The molecule has 26 heavy (non-hydrogen) atoms. The van der Waals surface area contributed by atoms with Gasteiger partial charge >= 0.3 is 0 Å². The van der Waals surface area contributed by atoms with Crippen molar-refractivity contribution in [1.29, 1.82) is 0 Å². The van der Waals surface area contributed by atoms with E-state index in [1.165, 1.54) is 11.3 Å². The monoisotopic (exact) mass is 342 g/mol. The molecule has 0 radical (unpaired) electrons. The van der Waals surface area contributed by atoms with Crippen molar-refractivity contribution in [3.63, 3.8) is 0 Å². The Morgan fingerprint density at radius 2 is 2.00 bits per heavy atom. The van der Waals surface area contributed by atoms with Gasteiger partial charge in [0, 0.05) is 35.6 Å². The van der Waals surface area contributed by atoms with E-state index in [0.29, 0.717) is 0 Å². The minimum atomic E-state index is 0.829. The van der Waals surface area contributed by atoms with Gasteiger partial charge in [-0.3, -0.25) is 14.6 Å². The first kappa shape index (κ1) is 15.1. The van der Waals surface area contributed by atoms with E-state index < -0.39 is 0 Å². The van der Waals surface area contributed by atoms with Gasteiger partial charge < -0.3 is 4.74 Å². The summed E-state index contributed by atoms with van der Waals surface area (Å²) in [6.07, 6.45) is 5.84. The minimum Gasteiger partial charge on any atom is -0.497 e. The lowest BCUT2D eigenvalue weighted by Crippen LogP contribution is -1.94. The van der Waals surface area contributed by atoms with Gasteiger partial charge in [-0.05, 0) is 54.8 Å². The first-order valence-electron chi connectivity index (χ1n) is 8.79. The Balaban J connectivity index is 1.83. The van der Waals surface area contributed by atoms with Crippen LogP contribution in [-0.2, 0) is 13.0 Å². The van der Waals surface area contributed by atoms with Crippen molar-refractivity contribution < 1.29 is 4.74 Å². The van der Waals surface area contributed by atoms with Gasteiger partial charge in [0.25, 0.3) is 0 Å². The van der Waals surface area contributed by atoms with Crippen molar-refractivity contribution in [3.05, 3.63) is 60.6 Å². The number of aryl methyl sites for hydroxylation is 1. The van der Waals surface area contributed by atoms with E-state index in [1.54, 1.807) is 7.11 Å². The van der Waals surface area contributed by atoms with E-state index in [0.717, 1.165) is 53.0 Å². The molecule has 0 unspecified atom stereocenters. The third-order valence-corrected chi connectivity index (χ3v) is 4.97. The van der Waals surface area contributed by atoms with Crippen LogP contribution in [0.15, 0.2) is 54.9 Å². The lowest BCUT2D eigenvalue weighted by Gasteiger charge is -2.10. The summed E-state index contributed by atoms with van der Waals surface area (Å²) in [5, 5.41) is 5.96. The summed E-state index contributed by atoms with van der Waals surface area (Å²) in [6.45, 7) is 0.960. The van der Waals surface area contributed by atoms with Gasteiger partial charge in [-0.25, -0.2) is 0 Å². The normalized spacial score (nSPS) is 13.1. The summed E-state index contributed by atoms with van der Waals surface area (Å²) >= 11 is 0. The molecule has 5 heteroatoms. The summed E-state index contributed by atoms with van der Waals surface area (Å²) in [7, 11) is 1.69. The van der Waals surface area contributed by atoms with Crippen molar-refractivity contribution in [2.75, 3.05) is 7.11 Å². The van der Waals surface area contributed by atoms with E-state index in [4.69, 9.17) is 9.84 Å². The molecule has 0 spiro atoms. The molecule has 1 aromatic carbocycles. The van der Waals surface area contributed by atoms with E-state index in [2.05, 4.69) is 26.8 Å². The summed E-state index contributed by atoms with van der Waals surface area (Å²) in [5.74, 6) is 0.829. The fourth-order valence-electron chi connectivity index (χ4n) is 3.77. The third kappa shape index (κ3) is 2.28. The number of benzene rings is 1. The van der Waals surface area contributed by atoms with Crippen molar-refractivity contribution in [1.82, 2.24) is 19.7 Å². The topological polar surface area (TPSA) is 52.8 Å². The van der Waals surface area contributed by atoms with Gasteiger partial charge in [0.15, 0.2) is 0 Å². The SMILES string of the molecule is COc1ccc2nccc(-c3c(-c4ccccn4)nn4c3CCC4)c2c1. The molecule has 0 bridgehead atoms. The third-order valence-electron chi connectivity index (χ3n) is 4.97. The molecular weight excluding hydrogens is 324 g/mol. The quantitative estimate of drug-likeness (QED) is 0.562. The van der Waals surface area contributed by atoms with Gasteiger partial charge in [0.05, 0.1) is 18.3 Å². The summed E-state index contributed by atoms with van der Waals surface area (Å²) in [4.78, 5) is 9.07. The molecule has 0 saturated carbocycles. The highest BCUT2D eigenvalue weighted by atomic mass is 16.5. The number of rotatable bonds is 3. The highest BCUT2D eigenvalue weighted by Crippen LogP contribution is 2.40. The van der Waals surface area contributed by atoms with Crippen molar-refractivity contribution in [2.24, 2.45) is 0 Å². The number of aromatic nitrogens is 4. The van der Waals surface area contributed by atoms with E-state index in [1.807, 2.05) is 42.7 Å². The predicted molar refractivity (Wildman–Crippen MR) is 101 cm³/mol. The van der Waals surface area contributed by atoms with Crippen LogP contribution in [0.3, 0.4) is 0 Å². The maximum atomic E-state index is 5.44. The molecule has 0 atom stereocenters. The largest absolute Gasteiger partial charge is 0.497 e. The predicted octanol–water partition coefficient (Wildman–Crippen LogP) is 4.12. The van der Waals surface area contributed by atoms with Crippen LogP contribution >= 0.6 is 0 Å². The molecule has 5 rings (SSSR count). The second-order valence-electron chi connectivity index (χ2n) is 6.45. The number of fused-ring (bicyclic) bond motifs is 2. The molecule has 0 aliphatic carbocycles. The first-order valence-corrected chi connectivity index (χ1v) is 8.79. The standard InChI is InChI=1S/C21H18N4O/c1-26-14-7-8-17-16(13-14)15(9-11-23-17)20-19-6-4-12-25(19)24-21(20)18-5-2-3-10-22-18/h2-3,5,7-11,13H,4,6,12H2,1H3. The lowest BCUT2D eigenvalue weighted by molar-refractivity contribution is 0.415. The molecule has 0 saturated heterocycles. The number of hydrogen-bond acceptors (Lipinski definition) is 4. The fraction of sp³-hybridized carbons (Fsp3) is 0.190. The van der Waals surface area contributed by atoms with E-state index in [9.17, 15) is 0 Å². The molecule has 0 N–H and O–H groups in total. The van der Waals surface area contributed by atoms with Crippen LogP contribution in [0.2, 0.25) is 0 Å². The molecule has 1 aliphatic rings. The molecule has 4 heterocycles. The molecule has 0 fully saturated rings. The first-order chi connectivity index (χ1) is 12.8. The molecule has 3 aromatic heterocycles. The maximum absolute atomic E-state index is 5.44. The van der Waals surface area contributed by atoms with Gasteiger partial charge in [-0.1, -0.05) is 6.07 Å². The van der Waals surface area contributed by atoms with Crippen LogP contribution in [0, 0.1) is 0 Å². The molecular formula is C21H18N4O. The van der Waals surface area contributed by atoms with Crippen LogP contribution in [0.5, 0.6) is 5.75 Å². The Labute approximate surface area is 151 Å². The summed E-state index contributed by atoms with van der Waals surface area (Å²) < 4.78 is 7.57. The van der Waals surface area contributed by atoms with Crippen LogP contribution in [0.1, 0.15) is 12.1 Å². The Morgan fingerprint density at radius 1 is 1.04 bits per heavy atom. The molecule has 1 aliphatic heterocycles. The van der Waals surface area contributed by atoms with Crippen molar-refractivity contribution in [2.45, 2.75) is 19.4 Å². The van der Waals surface area contributed by atoms with Crippen LogP contribution in [0.25, 0.3) is 33.4 Å². The zero-order valence-corrected chi connectivity index (χ0v) is 14.5. The van der Waals surface area contributed by atoms with Gasteiger partial charge in [0.1, 0.15) is 11.4 Å². The van der Waals surface area contributed by atoms with E-state index in [-0.39, 0.29) is 0 Å². The van der Waals surface area contributed by atoms with Crippen LogP contribution in [0.4, 0.5) is 0 Å².